The Kier molecular flexibility index (Phi) is 3.89. The third kappa shape index (κ3) is 3.27. The van der Waals surface area contributed by atoms with Gasteiger partial charge in [0.05, 0.1) is 6.04 Å². The molecule has 0 heterocycles. The molecule has 1 aliphatic carbocycles. The first-order valence-corrected chi connectivity index (χ1v) is 5.19. The molecule has 3 N–H and O–H groups in total. The van der Waals surface area contributed by atoms with Gasteiger partial charge in [-0.25, -0.2) is 0 Å². The highest BCUT2D eigenvalue weighted by atomic mass is 16.1. The topological polar surface area (TPSA) is 58.4 Å². The lowest BCUT2D eigenvalue weighted by molar-refractivity contribution is -0.120. The summed E-state index contributed by atoms with van der Waals surface area (Å²) in [7, 11) is 3.81. The van der Waals surface area contributed by atoms with E-state index in [-0.39, 0.29) is 11.9 Å². The first kappa shape index (κ1) is 11.5. The van der Waals surface area contributed by atoms with Crippen molar-refractivity contribution in [3.8, 4) is 0 Å². The third-order valence-corrected chi connectivity index (χ3v) is 3.01. The summed E-state index contributed by atoms with van der Waals surface area (Å²) in [6, 6.07) is -0.228. The van der Waals surface area contributed by atoms with Gasteiger partial charge < -0.3 is 16.0 Å². The molecule has 1 amide bonds. The fourth-order valence-corrected chi connectivity index (χ4v) is 1.76. The molecule has 4 heteroatoms. The summed E-state index contributed by atoms with van der Waals surface area (Å²) in [5.41, 5.74) is 5.24. The number of amides is 1. The summed E-state index contributed by atoms with van der Waals surface area (Å²) >= 11 is 0. The van der Waals surface area contributed by atoms with Crippen LogP contribution in [0.4, 0.5) is 0 Å². The van der Waals surface area contributed by atoms with E-state index < -0.39 is 0 Å². The molecular formula is C10H21N3O. The number of hydrogen-bond acceptors (Lipinski definition) is 3. The second-order valence-corrected chi connectivity index (χ2v) is 4.44. The van der Waals surface area contributed by atoms with Crippen LogP contribution in [0.25, 0.3) is 0 Å². The van der Waals surface area contributed by atoms with Gasteiger partial charge in [-0.3, -0.25) is 4.79 Å². The molecule has 4 nitrogen and oxygen atoms in total. The van der Waals surface area contributed by atoms with E-state index in [0.717, 1.165) is 18.4 Å². The van der Waals surface area contributed by atoms with Crippen LogP contribution < -0.4 is 11.1 Å². The number of hydrogen-bond donors (Lipinski definition) is 2. The van der Waals surface area contributed by atoms with E-state index in [2.05, 4.69) is 17.1 Å². The van der Waals surface area contributed by atoms with Crippen molar-refractivity contribution >= 4 is 5.91 Å². The van der Waals surface area contributed by atoms with Crippen LogP contribution in [0.2, 0.25) is 0 Å². The first-order chi connectivity index (χ1) is 6.54. The van der Waals surface area contributed by atoms with Crippen molar-refractivity contribution in [2.24, 2.45) is 17.6 Å². The molecular weight excluding hydrogens is 178 g/mol. The van der Waals surface area contributed by atoms with Gasteiger partial charge >= 0.3 is 0 Å². The Morgan fingerprint density at radius 1 is 1.71 bits per heavy atom. The summed E-state index contributed by atoms with van der Waals surface area (Å²) in [5.74, 6) is 1.41. The molecule has 0 saturated heterocycles. The summed E-state index contributed by atoms with van der Waals surface area (Å²) in [6.45, 7) is 4.05. The molecule has 1 aliphatic rings. The lowest BCUT2D eigenvalue weighted by atomic mass is 10.2. The number of carbonyl (C=O) groups excluding carboxylic acids is 1. The zero-order valence-electron chi connectivity index (χ0n) is 9.29. The van der Waals surface area contributed by atoms with E-state index in [9.17, 15) is 4.79 Å². The van der Waals surface area contributed by atoms with Gasteiger partial charge in [0, 0.05) is 13.1 Å². The van der Waals surface area contributed by atoms with Gasteiger partial charge in [0.2, 0.25) is 5.91 Å². The van der Waals surface area contributed by atoms with Crippen molar-refractivity contribution in [3.63, 3.8) is 0 Å². The molecule has 0 aromatic rings. The summed E-state index contributed by atoms with van der Waals surface area (Å²) < 4.78 is 0. The zero-order valence-corrected chi connectivity index (χ0v) is 9.29. The number of likely N-dealkylation sites (N-methyl/N-ethyl adjacent to an activating group) is 2. The zero-order chi connectivity index (χ0) is 10.7. The minimum absolute atomic E-state index is 0.228. The normalized spacial score (nSPS) is 27.7. The van der Waals surface area contributed by atoms with Crippen LogP contribution in [0.3, 0.4) is 0 Å². The maximum absolute atomic E-state index is 11.0. The Morgan fingerprint density at radius 2 is 2.29 bits per heavy atom. The quantitative estimate of drug-likeness (QED) is 0.614. The highest BCUT2D eigenvalue weighted by molar-refractivity contribution is 5.80. The van der Waals surface area contributed by atoms with Gasteiger partial charge in [-0.2, -0.15) is 0 Å². The molecule has 0 spiro atoms. The highest BCUT2D eigenvalue weighted by Gasteiger charge is 2.33. The Balaban J connectivity index is 2.23. The molecule has 1 fully saturated rings. The fourth-order valence-electron chi connectivity index (χ4n) is 1.76. The van der Waals surface area contributed by atoms with Gasteiger partial charge in [-0.1, -0.05) is 6.92 Å². The van der Waals surface area contributed by atoms with Crippen LogP contribution in [0.5, 0.6) is 0 Å². The van der Waals surface area contributed by atoms with Gasteiger partial charge in [0.15, 0.2) is 0 Å². The van der Waals surface area contributed by atoms with Gasteiger partial charge in [0.1, 0.15) is 0 Å². The van der Waals surface area contributed by atoms with Crippen LogP contribution in [-0.4, -0.2) is 44.0 Å². The first-order valence-electron chi connectivity index (χ1n) is 5.19. The molecule has 0 bridgehead atoms. The predicted octanol–water partition coefficient (Wildman–Crippen LogP) is -0.352. The molecule has 1 saturated carbocycles. The number of nitrogens with two attached hydrogens (primary N) is 1. The van der Waals surface area contributed by atoms with Crippen molar-refractivity contribution in [2.75, 3.05) is 27.2 Å². The van der Waals surface area contributed by atoms with Crippen molar-refractivity contribution < 1.29 is 4.79 Å². The van der Waals surface area contributed by atoms with E-state index in [1.165, 1.54) is 6.42 Å². The van der Waals surface area contributed by atoms with Crippen LogP contribution in [0, 0.1) is 11.8 Å². The van der Waals surface area contributed by atoms with E-state index >= 15 is 0 Å². The molecule has 3 unspecified atom stereocenters. The largest absolute Gasteiger partial charge is 0.368 e. The number of primary amides is 1. The Hall–Kier alpha value is -0.610. The summed E-state index contributed by atoms with van der Waals surface area (Å²) in [4.78, 5) is 13.1. The van der Waals surface area contributed by atoms with Gasteiger partial charge in [-0.05, 0) is 32.4 Å². The third-order valence-electron chi connectivity index (χ3n) is 3.01. The molecule has 0 aromatic heterocycles. The maximum atomic E-state index is 11.0. The average Bonchev–Trinajstić information content (AvgIpc) is 2.77. The highest BCUT2D eigenvalue weighted by Crippen LogP contribution is 2.37. The second kappa shape index (κ2) is 4.75. The smallest absolute Gasteiger partial charge is 0.235 e. The lowest BCUT2D eigenvalue weighted by Gasteiger charge is -2.21. The average molecular weight is 199 g/mol. The van der Waals surface area contributed by atoms with Crippen LogP contribution in [0.15, 0.2) is 0 Å². The minimum atomic E-state index is -0.275. The summed E-state index contributed by atoms with van der Waals surface area (Å²) in [5, 5.41) is 2.92. The SMILES string of the molecule is CNC(CN(C)CC1CC1C)C(N)=O. The van der Waals surface area contributed by atoms with Crippen LogP contribution >= 0.6 is 0 Å². The minimum Gasteiger partial charge on any atom is -0.368 e. The van der Waals surface area contributed by atoms with E-state index in [0.29, 0.717) is 6.54 Å². The molecule has 0 radical (unpaired) electrons. The molecule has 0 aromatic carbocycles. The van der Waals surface area contributed by atoms with Gasteiger partial charge in [-0.15, -0.1) is 0 Å². The van der Waals surface area contributed by atoms with Crippen molar-refractivity contribution in [1.82, 2.24) is 10.2 Å². The van der Waals surface area contributed by atoms with E-state index in [1.807, 2.05) is 7.05 Å². The Morgan fingerprint density at radius 3 is 2.64 bits per heavy atom. The monoisotopic (exact) mass is 199 g/mol. The second-order valence-electron chi connectivity index (χ2n) is 4.44. The van der Waals surface area contributed by atoms with Crippen molar-refractivity contribution in [3.05, 3.63) is 0 Å². The number of carbonyl (C=O) groups is 1. The van der Waals surface area contributed by atoms with E-state index in [1.54, 1.807) is 7.05 Å². The predicted molar refractivity (Wildman–Crippen MR) is 56.8 cm³/mol. The van der Waals surface area contributed by atoms with Crippen LogP contribution in [0.1, 0.15) is 13.3 Å². The van der Waals surface area contributed by atoms with Crippen LogP contribution in [-0.2, 0) is 4.79 Å². The molecule has 3 atom stereocenters. The Bertz CT molecular complexity index is 208. The van der Waals surface area contributed by atoms with E-state index in [4.69, 9.17) is 5.73 Å². The number of rotatable bonds is 6. The molecule has 82 valence electrons. The maximum Gasteiger partial charge on any atom is 0.235 e. The lowest BCUT2D eigenvalue weighted by Crippen LogP contribution is -2.47. The standard InChI is InChI=1S/C10H21N3O/c1-7-4-8(7)5-13(3)6-9(12-2)10(11)14/h7-9,12H,4-6H2,1-3H3,(H2,11,14). The van der Waals surface area contributed by atoms with Crippen molar-refractivity contribution in [2.45, 2.75) is 19.4 Å². The number of nitrogens with one attached hydrogen (secondary N) is 1. The molecule has 1 rings (SSSR count). The summed E-state index contributed by atoms with van der Waals surface area (Å²) in [6.07, 6.45) is 1.32. The molecule has 0 aliphatic heterocycles. The van der Waals surface area contributed by atoms with Crippen molar-refractivity contribution in [1.29, 1.82) is 0 Å². The number of nitrogens with zero attached hydrogens (tertiary/aromatic N) is 1. The fraction of sp³-hybridized carbons (Fsp3) is 0.900. The Labute approximate surface area is 85.8 Å². The van der Waals surface area contributed by atoms with Gasteiger partial charge in [0.25, 0.3) is 0 Å². The molecule has 14 heavy (non-hydrogen) atoms.